The maximum absolute atomic E-state index is 9.12. The summed E-state index contributed by atoms with van der Waals surface area (Å²) in [5.74, 6) is 0.109. The van der Waals surface area contributed by atoms with Crippen molar-refractivity contribution in [1.82, 2.24) is 0 Å². The van der Waals surface area contributed by atoms with E-state index in [4.69, 9.17) is 10.2 Å². The van der Waals surface area contributed by atoms with Crippen LogP contribution in [0.3, 0.4) is 0 Å². The van der Waals surface area contributed by atoms with E-state index in [1.165, 1.54) is 6.08 Å². The van der Waals surface area contributed by atoms with Gasteiger partial charge in [-0.1, -0.05) is 25.3 Å². The van der Waals surface area contributed by atoms with Crippen LogP contribution >= 0.6 is 0 Å². The van der Waals surface area contributed by atoms with E-state index in [-0.39, 0.29) is 11.5 Å². The molecule has 0 fully saturated rings. The van der Waals surface area contributed by atoms with Gasteiger partial charge in [0.1, 0.15) is 5.76 Å². The molecule has 0 bridgehead atoms. The van der Waals surface area contributed by atoms with Gasteiger partial charge in [-0.2, -0.15) is 0 Å². The van der Waals surface area contributed by atoms with Crippen LogP contribution in [0.25, 0.3) is 0 Å². The van der Waals surface area contributed by atoms with Crippen LogP contribution in [0.1, 0.15) is 13.8 Å². The van der Waals surface area contributed by atoms with Crippen LogP contribution in [0.5, 0.6) is 0 Å². The van der Waals surface area contributed by atoms with E-state index in [1.54, 1.807) is 19.1 Å². The Morgan fingerprint density at radius 1 is 1.14 bits per heavy atom. The minimum absolute atomic E-state index is 0.0568. The zero-order chi connectivity index (χ0) is 11.1. The molecule has 0 saturated carbocycles. The van der Waals surface area contributed by atoms with Crippen LogP contribution in [0.4, 0.5) is 0 Å². The normalized spacial score (nSPS) is 14.0. The molecule has 0 amide bonds. The summed E-state index contributed by atoms with van der Waals surface area (Å²) in [6, 6.07) is 0. The number of aliphatic hydroxyl groups is 2. The summed E-state index contributed by atoms with van der Waals surface area (Å²) in [6.45, 7) is 10.4. The van der Waals surface area contributed by atoms with Crippen LogP contribution in [0.15, 0.2) is 60.1 Å². The molecule has 0 heterocycles. The number of rotatable bonds is 4. The van der Waals surface area contributed by atoms with E-state index < -0.39 is 0 Å². The highest BCUT2D eigenvalue weighted by Crippen LogP contribution is 2.15. The monoisotopic (exact) mass is 192 g/mol. The average molecular weight is 192 g/mol. The molecule has 2 heteroatoms. The van der Waals surface area contributed by atoms with Gasteiger partial charge in [0, 0.05) is 0 Å². The fourth-order valence-electron chi connectivity index (χ4n) is 1.02. The molecule has 0 aromatic carbocycles. The summed E-state index contributed by atoms with van der Waals surface area (Å²) in [5, 5.41) is 18.2. The van der Waals surface area contributed by atoms with Gasteiger partial charge in [-0.15, -0.1) is 0 Å². The van der Waals surface area contributed by atoms with Gasteiger partial charge >= 0.3 is 0 Å². The molecule has 2 N–H and O–H groups in total. The number of hydrogen-bond acceptors (Lipinski definition) is 2. The van der Waals surface area contributed by atoms with Crippen LogP contribution in [0, 0.1) is 0 Å². The van der Waals surface area contributed by atoms with Crippen molar-refractivity contribution >= 4 is 0 Å². The van der Waals surface area contributed by atoms with Gasteiger partial charge in [0.25, 0.3) is 0 Å². The van der Waals surface area contributed by atoms with Gasteiger partial charge in [0.05, 0.1) is 5.76 Å². The molecule has 0 rings (SSSR count). The van der Waals surface area contributed by atoms with Gasteiger partial charge in [0.2, 0.25) is 0 Å². The number of aliphatic hydroxyl groups excluding tert-OH is 2. The maximum atomic E-state index is 9.12. The van der Waals surface area contributed by atoms with Gasteiger partial charge in [0.15, 0.2) is 0 Å². The maximum Gasteiger partial charge on any atom is 0.109 e. The van der Waals surface area contributed by atoms with Crippen molar-refractivity contribution < 1.29 is 10.2 Å². The molecule has 14 heavy (non-hydrogen) atoms. The summed E-state index contributed by atoms with van der Waals surface area (Å²) in [4.78, 5) is 0. The summed E-state index contributed by atoms with van der Waals surface area (Å²) in [7, 11) is 0. The Bertz CT molecular complexity index is 313. The predicted octanol–water partition coefficient (Wildman–Crippen LogP) is 3.58. The number of allylic oxidation sites excluding steroid dienone is 7. The van der Waals surface area contributed by atoms with E-state index >= 15 is 0 Å². The molecule has 0 atom stereocenters. The molecule has 0 unspecified atom stereocenters. The molecule has 0 saturated heterocycles. The first-order valence-electron chi connectivity index (χ1n) is 4.27. The summed E-state index contributed by atoms with van der Waals surface area (Å²) in [5.41, 5.74) is 1.50. The topological polar surface area (TPSA) is 40.5 Å². The lowest BCUT2D eigenvalue weighted by molar-refractivity contribution is 0.414. The Hall–Kier alpha value is -1.70. The lowest BCUT2D eigenvalue weighted by atomic mass is 10.0. The van der Waals surface area contributed by atoms with Gasteiger partial charge < -0.3 is 10.2 Å². The minimum atomic E-state index is -0.0568. The van der Waals surface area contributed by atoms with Crippen molar-refractivity contribution in [3.8, 4) is 0 Å². The quantitative estimate of drug-likeness (QED) is 0.528. The third-order valence-electron chi connectivity index (χ3n) is 1.55. The minimum Gasteiger partial charge on any atom is -0.513 e. The van der Waals surface area contributed by atoms with Crippen LogP contribution < -0.4 is 0 Å². The lowest BCUT2D eigenvalue weighted by Gasteiger charge is -2.03. The predicted molar refractivity (Wildman–Crippen MR) is 60.2 cm³/mol. The first-order chi connectivity index (χ1) is 6.51. The third kappa shape index (κ3) is 4.36. The first kappa shape index (κ1) is 12.3. The molecule has 0 aromatic rings. The van der Waals surface area contributed by atoms with Crippen molar-refractivity contribution in [2.75, 3.05) is 0 Å². The van der Waals surface area contributed by atoms with Gasteiger partial charge in [-0.3, -0.25) is 0 Å². The second-order valence-electron chi connectivity index (χ2n) is 2.82. The highest BCUT2D eigenvalue weighted by molar-refractivity contribution is 5.48. The van der Waals surface area contributed by atoms with Crippen molar-refractivity contribution in [3.63, 3.8) is 0 Å². The van der Waals surface area contributed by atoms with E-state index in [0.29, 0.717) is 5.57 Å². The van der Waals surface area contributed by atoms with Crippen molar-refractivity contribution in [2.24, 2.45) is 0 Å². The molecule has 2 nitrogen and oxygen atoms in total. The SMILES string of the molecule is C=CC(=C/C)/C(=C\C(=C)O)/C=C(\C)O. The summed E-state index contributed by atoms with van der Waals surface area (Å²) < 4.78 is 0. The number of hydrogen-bond donors (Lipinski definition) is 2. The second-order valence-corrected chi connectivity index (χ2v) is 2.82. The molecule has 0 aliphatic rings. The standard InChI is InChI=1S/C12H16O2/c1-5-11(6-2)12(7-9(3)13)8-10(4)14/h5-8,13-14H,1,3H2,2,4H3/b10-8+,11-6-,12-7-. The van der Waals surface area contributed by atoms with Gasteiger partial charge in [-0.25, -0.2) is 0 Å². The van der Waals surface area contributed by atoms with E-state index in [9.17, 15) is 0 Å². The van der Waals surface area contributed by atoms with Gasteiger partial charge in [-0.05, 0) is 37.1 Å². The molecular formula is C12H16O2. The summed E-state index contributed by atoms with van der Waals surface area (Å²) >= 11 is 0. The highest BCUT2D eigenvalue weighted by Gasteiger charge is 1.98. The zero-order valence-electron chi connectivity index (χ0n) is 8.62. The fraction of sp³-hybridized carbons (Fsp3) is 0.167. The zero-order valence-corrected chi connectivity index (χ0v) is 8.62. The largest absolute Gasteiger partial charge is 0.513 e. The smallest absolute Gasteiger partial charge is 0.109 e. The van der Waals surface area contributed by atoms with Crippen LogP contribution in [-0.2, 0) is 0 Å². The molecule has 0 radical (unpaired) electrons. The fourth-order valence-corrected chi connectivity index (χ4v) is 1.02. The third-order valence-corrected chi connectivity index (χ3v) is 1.55. The summed E-state index contributed by atoms with van der Waals surface area (Å²) in [6.07, 6.45) is 6.49. The Morgan fingerprint density at radius 2 is 1.71 bits per heavy atom. The lowest BCUT2D eigenvalue weighted by Crippen LogP contribution is -1.86. The van der Waals surface area contributed by atoms with E-state index in [0.717, 1.165) is 5.57 Å². The van der Waals surface area contributed by atoms with Crippen molar-refractivity contribution in [1.29, 1.82) is 0 Å². The molecule has 0 aliphatic carbocycles. The van der Waals surface area contributed by atoms with E-state index in [1.807, 2.05) is 13.0 Å². The Balaban J connectivity index is 5.21. The van der Waals surface area contributed by atoms with E-state index in [2.05, 4.69) is 13.2 Å². The average Bonchev–Trinajstić information content (AvgIpc) is 2.03. The van der Waals surface area contributed by atoms with Crippen molar-refractivity contribution in [3.05, 3.63) is 60.1 Å². The molecule has 0 spiro atoms. The Morgan fingerprint density at radius 3 is 2.00 bits per heavy atom. The molecule has 76 valence electrons. The van der Waals surface area contributed by atoms with Crippen LogP contribution in [-0.4, -0.2) is 10.2 Å². The Labute approximate surface area is 84.9 Å². The molecule has 0 aliphatic heterocycles. The Kier molecular flexibility index (Phi) is 5.15. The van der Waals surface area contributed by atoms with Crippen molar-refractivity contribution in [2.45, 2.75) is 13.8 Å². The van der Waals surface area contributed by atoms with Crippen LogP contribution in [0.2, 0.25) is 0 Å². The molecular weight excluding hydrogens is 176 g/mol. The molecule has 0 aromatic heterocycles. The first-order valence-corrected chi connectivity index (χ1v) is 4.27. The second kappa shape index (κ2) is 5.86. The highest BCUT2D eigenvalue weighted by atomic mass is 16.3.